The van der Waals surface area contributed by atoms with Crippen LogP contribution < -0.4 is 0 Å². The van der Waals surface area contributed by atoms with Gasteiger partial charge in [-0.15, -0.1) is 0 Å². The van der Waals surface area contributed by atoms with Crippen molar-refractivity contribution >= 4 is 11.9 Å². The van der Waals surface area contributed by atoms with E-state index in [1.165, 1.54) is 24.3 Å². The minimum absolute atomic E-state index is 0.0351. The number of carbonyl (C=O) groups excluding carboxylic acids is 2. The second-order valence-electron chi connectivity index (χ2n) is 5.28. The maximum Gasteiger partial charge on any atom is 0.330 e. The third-order valence-electron chi connectivity index (χ3n) is 3.78. The molecule has 0 radical (unpaired) electrons. The van der Waals surface area contributed by atoms with Gasteiger partial charge in [-0.2, -0.15) is 0 Å². The van der Waals surface area contributed by atoms with Crippen molar-refractivity contribution in [3.8, 4) is 0 Å². The summed E-state index contributed by atoms with van der Waals surface area (Å²) < 4.78 is 9.76. The first-order valence-corrected chi connectivity index (χ1v) is 7.75. The number of carbonyl (C=O) groups is 2. The number of rotatable bonds is 7. The normalized spacial score (nSPS) is 18.9. The summed E-state index contributed by atoms with van der Waals surface area (Å²) in [4.78, 5) is 23.1. The minimum atomic E-state index is -0.343. The fourth-order valence-corrected chi connectivity index (χ4v) is 2.59. The number of hydrogen-bond acceptors (Lipinski definition) is 4. The van der Waals surface area contributed by atoms with Gasteiger partial charge in [0.25, 0.3) is 0 Å². The van der Waals surface area contributed by atoms with E-state index in [4.69, 9.17) is 4.74 Å². The molecule has 0 aromatic rings. The van der Waals surface area contributed by atoms with Gasteiger partial charge < -0.3 is 9.47 Å². The molecule has 118 valence electrons. The van der Waals surface area contributed by atoms with Gasteiger partial charge in [0.1, 0.15) is 0 Å². The van der Waals surface area contributed by atoms with Crippen molar-refractivity contribution in [2.75, 3.05) is 13.7 Å². The van der Waals surface area contributed by atoms with Crippen LogP contribution in [-0.2, 0) is 19.1 Å². The smallest absolute Gasteiger partial charge is 0.330 e. The SMILES string of the molecule is CCCCC1=C(/C=C/C(=O)OC)CCC(C(=O)OCC)C1. The standard InChI is InChI=1S/C17H26O4/c1-4-6-7-14-12-15(17(19)21-5-2)9-8-13(14)10-11-16(18)20-3/h10-11,15H,4-9,12H2,1-3H3/b11-10+. The highest BCUT2D eigenvalue weighted by Crippen LogP contribution is 2.33. The zero-order valence-corrected chi connectivity index (χ0v) is 13.3. The Morgan fingerprint density at radius 3 is 2.71 bits per heavy atom. The van der Waals surface area contributed by atoms with E-state index in [1.807, 2.05) is 13.0 Å². The fourth-order valence-electron chi connectivity index (χ4n) is 2.59. The molecule has 0 heterocycles. The number of esters is 2. The van der Waals surface area contributed by atoms with Crippen molar-refractivity contribution < 1.29 is 19.1 Å². The molecular formula is C17H26O4. The summed E-state index contributed by atoms with van der Waals surface area (Å²) in [6.45, 7) is 4.41. The van der Waals surface area contributed by atoms with E-state index in [0.29, 0.717) is 6.61 Å². The van der Waals surface area contributed by atoms with Crippen LogP contribution in [0.25, 0.3) is 0 Å². The summed E-state index contributed by atoms with van der Waals surface area (Å²) in [7, 11) is 1.37. The summed E-state index contributed by atoms with van der Waals surface area (Å²) in [6.07, 6.45) is 8.85. The maximum atomic E-state index is 11.9. The van der Waals surface area contributed by atoms with Crippen molar-refractivity contribution in [3.63, 3.8) is 0 Å². The first-order valence-electron chi connectivity index (χ1n) is 7.75. The monoisotopic (exact) mass is 294 g/mol. The summed E-state index contributed by atoms with van der Waals surface area (Å²) in [5.41, 5.74) is 2.45. The zero-order valence-electron chi connectivity index (χ0n) is 13.3. The molecule has 0 aromatic heterocycles. The molecule has 21 heavy (non-hydrogen) atoms. The molecular weight excluding hydrogens is 268 g/mol. The van der Waals surface area contributed by atoms with Gasteiger partial charge in [0, 0.05) is 6.08 Å². The lowest BCUT2D eigenvalue weighted by molar-refractivity contribution is -0.148. The highest BCUT2D eigenvalue weighted by Gasteiger charge is 2.26. The van der Waals surface area contributed by atoms with Crippen LogP contribution in [0.2, 0.25) is 0 Å². The van der Waals surface area contributed by atoms with Crippen LogP contribution in [0.1, 0.15) is 52.4 Å². The Labute approximate surface area is 127 Å². The second kappa shape index (κ2) is 9.37. The van der Waals surface area contributed by atoms with E-state index in [1.54, 1.807) is 0 Å². The van der Waals surface area contributed by atoms with Gasteiger partial charge in [-0.05, 0) is 44.6 Å². The predicted molar refractivity (Wildman–Crippen MR) is 81.7 cm³/mol. The molecule has 1 unspecified atom stereocenters. The Hall–Kier alpha value is -1.58. The lowest BCUT2D eigenvalue weighted by atomic mass is 9.81. The van der Waals surface area contributed by atoms with Gasteiger partial charge in [0.2, 0.25) is 0 Å². The Morgan fingerprint density at radius 1 is 1.33 bits per heavy atom. The molecule has 0 aliphatic heterocycles. The first kappa shape index (κ1) is 17.5. The highest BCUT2D eigenvalue weighted by atomic mass is 16.5. The molecule has 0 bridgehead atoms. The van der Waals surface area contributed by atoms with E-state index in [2.05, 4.69) is 11.7 Å². The molecule has 0 saturated carbocycles. The third-order valence-corrected chi connectivity index (χ3v) is 3.78. The molecule has 0 aromatic carbocycles. The Balaban J connectivity index is 2.81. The van der Waals surface area contributed by atoms with Gasteiger partial charge in [-0.25, -0.2) is 4.79 Å². The third kappa shape index (κ3) is 5.74. The minimum Gasteiger partial charge on any atom is -0.466 e. The summed E-state index contributed by atoms with van der Waals surface area (Å²) >= 11 is 0. The average Bonchev–Trinajstić information content (AvgIpc) is 2.51. The van der Waals surface area contributed by atoms with E-state index in [-0.39, 0.29) is 17.9 Å². The topological polar surface area (TPSA) is 52.6 Å². The predicted octanol–water partition coefficient (Wildman–Crippen LogP) is 3.57. The molecule has 4 heteroatoms. The van der Waals surface area contributed by atoms with E-state index in [9.17, 15) is 9.59 Å². The van der Waals surface area contributed by atoms with Crippen LogP contribution >= 0.6 is 0 Å². The maximum absolute atomic E-state index is 11.9. The second-order valence-corrected chi connectivity index (χ2v) is 5.28. The zero-order chi connectivity index (χ0) is 15.7. The number of ether oxygens (including phenoxy) is 2. The van der Waals surface area contributed by atoms with Gasteiger partial charge in [-0.3, -0.25) is 4.79 Å². The van der Waals surface area contributed by atoms with Crippen LogP contribution in [0.4, 0.5) is 0 Å². The van der Waals surface area contributed by atoms with Gasteiger partial charge in [0.15, 0.2) is 0 Å². The fraction of sp³-hybridized carbons (Fsp3) is 0.647. The lowest BCUT2D eigenvalue weighted by Gasteiger charge is -2.25. The van der Waals surface area contributed by atoms with Gasteiger partial charge >= 0.3 is 11.9 Å². The number of hydrogen-bond donors (Lipinski definition) is 0. The quantitative estimate of drug-likeness (QED) is 0.532. The average molecular weight is 294 g/mol. The highest BCUT2D eigenvalue weighted by molar-refractivity contribution is 5.82. The summed E-state index contributed by atoms with van der Waals surface area (Å²) in [5.74, 6) is -0.473. The Morgan fingerprint density at radius 2 is 2.10 bits per heavy atom. The van der Waals surface area contributed by atoms with Gasteiger partial charge in [-0.1, -0.05) is 25.0 Å². The molecule has 0 saturated heterocycles. The molecule has 0 N–H and O–H groups in total. The van der Waals surface area contributed by atoms with Gasteiger partial charge in [0.05, 0.1) is 19.6 Å². The molecule has 1 aliphatic rings. The van der Waals surface area contributed by atoms with Crippen LogP contribution in [0.15, 0.2) is 23.3 Å². The molecule has 1 atom stereocenters. The van der Waals surface area contributed by atoms with Crippen molar-refractivity contribution in [1.82, 2.24) is 0 Å². The summed E-state index contributed by atoms with van der Waals surface area (Å²) in [6, 6.07) is 0. The first-order chi connectivity index (χ1) is 10.1. The van der Waals surface area contributed by atoms with Crippen LogP contribution in [0.5, 0.6) is 0 Å². The Kier molecular flexibility index (Phi) is 7.80. The molecule has 1 aliphatic carbocycles. The molecule has 0 amide bonds. The molecule has 0 spiro atoms. The van der Waals surface area contributed by atoms with Crippen LogP contribution in [0, 0.1) is 5.92 Å². The van der Waals surface area contributed by atoms with Crippen LogP contribution in [-0.4, -0.2) is 25.7 Å². The van der Waals surface area contributed by atoms with Crippen molar-refractivity contribution in [2.24, 2.45) is 5.92 Å². The number of methoxy groups -OCH3 is 1. The number of allylic oxidation sites excluding steroid dienone is 3. The molecule has 1 rings (SSSR count). The van der Waals surface area contributed by atoms with Crippen molar-refractivity contribution in [3.05, 3.63) is 23.3 Å². The van der Waals surface area contributed by atoms with E-state index < -0.39 is 0 Å². The number of unbranched alkanes of at least 4 members (excludes halogenated alkanes) is 1. The Bertz CT molecular complexity index is 421. The van der Waals surface area contributed by atoms with Crippen molar-refractivity contribution in [1.29, 1.82) is 0 Å². The molecule has 0 fully saturated rings. The largest absolute Gasteiger partial charge is 0.466 e. The van der Waals surface area contributed by atoms with Crippen molar-refractivity contribution in [2.45, 2.75) is 52.4 Å². The lowest BCUT2D eigenvalue weighted by Crippen LogP contribution is -2.22. The van der Waals surface area contributed by atoms with E-state index in [0.717, 1.165) is 38.5 Å². The van der Waals surface area contributed by atoms with Crippen LogP contribution in [0.3, 0.4) is 0 Å². The molecule has 4 nitrogen and oxygen atoms in total. The summed E-state index contributed by atoms with van der Waals surface area (Å²) in [5, 5.41) is 0. The van der Waals surface area contributed by atoms with E-state index >= 15 is 0 Å².